The molecule has 5 heterocycles. The van der Waals surface area contributed by atoms with Crippen molar-refractivity contribution < 1.29 is 23.8 Å². The second-order valence-electron chi connectivity index (χ2n) is 8.09. The summed E-state index contributed by atoms with van der Waals surface area (Å²) in [6, 6.07) is 2.98. The van der Waals surface area contributed by atoms with E-state index in [1.807, 2.05) is 6.92 Å². The van der Waals surface area contributed by atoms with Crippen LogP contribution in [0.4, 0.5) is 10.1 Å². The predicted octanol–water partition coefficient (Wildman–Crippen LogP) is 2.29. The van der Waals surface area contributed by atoms with Gasteiger partial charge in [0.25, 0.3) is 5.56 Å². The molecule has 8 nitrogen and oxygen atoms in total. The number of aliphatic hydroxyl groups is 1. The fraction of sp³-hybridized carbons (Fsp3) is 0.318. The number of nitrogens with one attached hydrogen (secondary N) is 1. The number of pyridine rings is 2. The maximum absolute atomic E-state index is 14.5. The molecule has 3 aliphatic heterocycles. The second-order valence-corrected chi connectivity index (χ2v) is 8.09. The molecule has 0 unspecified atom stereocenters. The maximum atomic E-state index is 14.5. The van der Waals surface area contributed by atoms with Crippen LogP contribution < -0.4 is 15.6 Å². The van der Waals surface area contributed by atoms with Crippen molar-refractivity contribution in [2.45, 2.75) is 39.0 Å². The molecule has 0 amide bonds. The average Bonchev–Trinajstić information content (AvgIpc) is 3.37. The van der Waals surface area contributed by atoms with Crippen molar-refractivity contribution in [3.63, 3.8) is 0 Å². The topological polar surface area (TPSA) is 103 Å². The minimum absolute atomic E-state index is 0.0712. The van der Waals surface area contributed by atoms with Gasteiger partial charge in [-0.05, 0) is 25.0 Å². The molecular weight excluding hydrogens is 405 g/mol. The average molecular weight is 423 g/mol. The van der Waals surface area contributed by atoms with Crippen LogP contribution in [-0.4, -0.2) is 27.4 Å². The molecule has 2 N–H and O–H groups in total. The van der Waals surface area contributed by atoms with E-state index in [9.17, 15) is 19.1 Å². The Labute approximate surface area is 175 Å². The van der Waals surface area contributed by atoms with Crippen LogP contribution in [0.2, 0.25) is 0 Å². The highest BCUT2D eigenvalue weighted by Crippen LogP contribution is 2.45. The number of esters is 1. The normalized spacial score (nSPS) is 20.5. The van der Waals surface area contributed by atoms with E-state index in [0.717, 1.165) is 16.5 Å². The summed E-state index contributed by atoms with van der Waals surface area (Å²) in [7, 11) is 0. The molecule has 0 radical (unpaired) electrons. The number of ether oxygens (including phenoxy) is 2. The fourth-order valence-corrected chi connectivity index (χ4v) is 4.91. The Morgan fingerprint density at radius 3 is 2.87 bits per heavy atom. The maximum Gasteiger partial charge on any atom is 0.343 e. The van der Waals surface area contributed by atoms with E-state index in [2.05, 4.69) is 10.3 Å². The summed E-state index contributed by atoms with van der Waals surface area (Å²) in [5.74, 6) is -1.11. The molecule has 0 saturated carbocycles. The van der Waals surface area contributed by atoms with Crippen LogP contribution in [0.25, 0.3) is 22.3 Å². The van der Waals surface area contributed by atoms with Gasteiger partial charge in [0.1, 0.15) is 6.61 Å². The lowest BCUT2D eigenvalue weighted by atomic mass is 9.86. The minimum atomic E-state index is -1.88. The summed E-state index contributed by atoms with van der Waals surface area (Å²) in [6.45, 7) is 3.85. The molecule has 158 valence electrons. The zero-order valence-corrected chi connectivity index (χ0v) is 16.8. The lowest BCUT2D eigenvalue weighted by Crippen LogP contribution is -2.44. The standard InChI is InChI=1S/C22H18FN3O5/c1-3-22(29)12-4-15-17-10(6-26(15)20(27)11(12)7-30-21(22)28)9(2)16-14(25-17)5-13(23)19-18(16)24-8-31-19/h4-5,24,29H,3,6-8H2,1-2H3/t22-/m0/s1. The summed E-state index contributed by atoms with van der Waals surface area (Å²) in [6.07, 6.45) is 0.0712. The van der Waals surface area contributed by atoms with Gasteiger partial charge >= 0.3 is 5.97 Å². The van der Waals surface area contributed by atoms with Crippen LogP contribution in [0.5, 0.6) is 5.75 Å². The first-order valence-corrected chi connectivity index (χ1v) is 10.0. The lowest BCUT2D eigenvalue weighted by Gasteiger charge is -2.31. The number of fused-ring (bicyclic) bond motifs is 7. The van der Waals surface area contributed by atoms with Gasteiger partial charge in [0, 0.05) is 22.6 Å². The van der Waals surface area contributed by atoms with Gasteiger partial charge in [-0.25, -0.2) is 14.2 Å². The first-order chi connectivity index (χ1) is 14.8. The Balaban J connectivity index is 1.66. The van der Waals surface area contributed by atoms with Gasteiger partial charge in [0.05, 0.1) is 34.7 Å². The number of halogens is 1. The molecule has 0 spiro atoms. The number of anilines is 1. The first-order valence-electron chi connectivity index (χ1n) is 10.0. The van der Waals surface area contributed by atoms with Crippen LogP contribution in [0.3, 0.4) is 0 Å². The number of benzene rings is 1. The Morgan fingerprint density at radius 1 is 1.29 bits per heavy atom. The summed E-state index contributed by atoms with van der Waals surface area (Å²) in [4.78, 5) is 30.2. The predicted molar refractivity (Wildman–Crippen MR) is 108 cm³/mol. The largest absolute Gasteiger partial charge is 0.468 e. The van der Waals surface area contributed by atoms with Crippen LogP contribution >= 0.6 is 0 Å². The molecule has 6 rings (SSSR count). The van der Waals surface area contributed by atoms with Gasteiger partial charge in [0.15, 0.2) is 23.9 Å². The Hall–Kier alpha value is -3.46. The molecule has 0 saturated heterocycles. The molecule has 3 aromatic rings. The Bertz CT molecular complexity index is 1410. The third-order valence-corrected chi connectivity index (χ3v) is 6.63. The first kappa shape index (κ1) is 18.3. The highest BCUT2D eigenvalue weighted by Gasteiger charge is 2.45. The third kappa shape index (κ3) is 2.13. The Morgan fingerprint density at radius 2 is 2.10 bits per heavy atom. The van der Waals surface area contributed by atoms with Crippen LogP contribution in [0.1, 0.15) is 35.6 Å². The number of aryl methyl sites for hydroxylation is 1. The van der Waals surface area contributed by atoms with Crippen molar-refractivity contribution in [1.29, 1.82) is 0 Å². The Kier molecular flexibility index (Phi) is 3.44. The van der Waals surface area contributed by atoms with E-state index in [1.165, 1.54) is 6.07 Å². The molecule has 1 atom stereocenters. The highest BCUT2D eigenvalue weighted by atomic mass is 19.1. The zero-order chi connectivity index (χ0) is 21.7. The third-order valence-electron chi connectivity index (χ3n) is 6.63. The lowest BCUT2D eigenvalue weighted by molar-refractivity contribution is -0.172. The number of hydrogen-bond donors (Lipinski definition) is 2. The van der Waals surface area contributed by atoms with Crippen molar-refractivity contribution in [1.82, 2.24) is 9.55 Å². The summed E-state index contributed by atoms with van der Waals surface area (Å²) < 4.78 is 26.6. The van der Waals surface area contributed by atoms with Crippen molar-refractivity contribution in [2.75, 3.05) is 12.0 Å². The molecule has 31 heavy (non-hydrogen) atoms. The molecule has 1 aromatic carbocycles. The number of rotatable bonds is 1. The smallest absolute Gasteiger partial charge is 0.343 e. The molecule has 0 bridgehead atoms. The number of carbonyl (C=O) groups is 1. The van der Waals surface area contributed by atoms with Crippen molar-refractivity contribution >= 4 is 22.6 Å². The van der Waals surface area contributed by atoms with E-state index >= 15 is 0 Å². The van der Waals surface area contributed by atoms with Crippen molar-refractivity contribution in [2.24, 2.45) is 0 Å². The van der Waals surface area contributed by atoms with Gasteiger partial charge in [-0.2, -0.15) is 0 Å². The van der Waals surface area contributed by atoms with Gasteiger partial charge in [-0.3, -0.25) is 4.79 Å². The number of nitrogens with zero attached hydrogens (tertiary/aromatic N) is 2. The molecule has 9 heteroatoms. The molecule has 0 fully saturated rings. The van der Waals surface area contributed by atoms with E-state index in [-0.39, 0.29) is 48.7 Å². The van der Waals surface area contributed by atoms with E-state index in [0.29, 0.717) is 22.6 Å². The van der Waals surface area contributed by atoms with Crippen LogP contribution in [0, 0.1) is 12.7 Å². The van der Waals surface area contributed by atoms with Crippen molar-refractivity contribution in [3.05, 3.63) is 50.6 Å². The zero-order valence-electron chi connectivity index (χ0n) is 16.8. The number of cyclic esters (lactones) is 1. The van der Waals surface area contributed by atoms with Crippen LogP contribution in [0.15, 0.2) is 16.9 Å². The number of aromatic nitrogens is 2. The molecule has 0 aliphatic carbocycles. The van der Waals surface area contributed by atoms with Crippen molar-refractivity contribution in [3.8, 4) is 17.1 Å². The number of carbonyl (C=O) groups excluding carboxylic acids is 1. The van der Waals surface area contributed by atoms with E-state index < -0.39 is 17.4 Å². The van der Waals surface area contributed by atoms with Gasteiger partial charge in [-0.15, -0.1) is 0 Å². The second kappa shape index (κ2) is 5.82. The highest BCUT2D eigenvalue weighted by molar-refractivity contribution is 6.00. The SMILES string of the molecule is CC[C@@]1(O)C(=O)OCc2c1cc1n(c2=O)Cc2c-1nc1cc(F)c3c(c1c2C)NCO3. The monoisotopic (exact) mass is 423 g/mol. The molecule has 2 aromatic heterocycles. The van der Waals surface area contributed by atoms with E-state index in [1.54, 1.807) is 17.6 Å². The van der Waals surface area contributed by atoms with Gasteiger partial charge in [0.2, 0.25) is 0 Å². The van der Waals surface area contributed by atoms with E-state index in [4.69, 9.17) is 9.47 Å². The summed E-state index contributed by atoms with van der Waals surface area (Å²) in [5.41, 5.74) is 2.05. The van der Waals surface area contributed by atoms with Crippen LogP contribution in [-0.2, 0) is 28.3 Å². The summed E-state index contributed by atoms with van der Waals surface area (Å²) in [5, 5.41) is 14.8. The molecular formula is C22H18FN3O5. The molecule has 3 aliphatic rings. The quantitative estimate of drug-likeness (QED) is 0.453. The number of hydrogen-bond acceptors (Lipinski definition) is 7. The fourth-order valence-electron chi connectivity index (χ4n) is 4.91. The van der Waals surface area contributed by atoms with Gasteiger partial charge in [-0.1, -0.05) is 6.92 Å². The summed E-state index contributed by atoms with van der Waals surface area (Å²) >= 11 is 0. The van der Waals surface area contributed by atoms with Gasteiger partial charge < -0.3 is 24.5 Å². The minimum Gasteiger partial charge on any atom is -0.468 e.